The monoisotopic (exact) mass is 255 g/mol. The van der Waals surface area contributed by atoms with Crippen molar-refractivity contribution in [1.82, 2.24) is 15.6 Å². The van der Waals surface area contributed by atoms with Crippen LogP contribution in [0.1, 0.15) is 38.3 Å². The lowest BCUT2D eigenvalue weighted by atomic mass is 9.92. The molecular formula is C12H21N3OS. The van der Waals surface area contributed by atoms with Gasteiger partial charge in [0.25, 0.3) is 0 Å². The summed E-state index contributed by atoms with van der Waals surface area (Å²) < 4.78 is 0. The predicted octanol–water partition coefficient (Wildman–Crippen LogP) is 1.45. The Bertz CT molecular complexity index is 392. The predicted molar refractivity (Wildman–Crippen MR) is 71.5 cm³/mol. The molecule has 17 heavy (non-hydrogen) atoms. The minimum Gasteiger partial charge on any atom is -0.315 e. The number of hydrogen-bond donors (Lipinski definition) is 3. The van der Waals surface area contributed by atoms with Crippen LogP contribution >= 0.6 is 11.3 Å². The van der Waals surface area contributed by atoms with Crippen molar-refractivity contribution in [3.8, 4) is 0 Å². The number of aromatic nitrogens is 1. The molecule has 0 aromatic carbocycles. The van der Waals surface area contributed by atoms with Crippen molar-refractivity contribution in [1.29, 1.82) is 0 Å². The van der Waals surface area contributed by atoms with Crippen LogP contribution < -0.4 is 15.5 Å². The van der Waals surface area contributed by atoms with Crippen LogP contribution in [0.15, 0.2) is 10.2 Å². The molecule has 2 heterocycles. The van der Waals surface area contributed by atoms with Crippen LogP contribution in [-0.2, 0) is 6.54 Å². The van der Waals surface area contributed by atoms with Crippen LogP contribution in [0.2, 0.25) is 0 Å². The smallest absolute Gasteiger partial charge is 0.304 e. The molecule has 5 heteroatoms. The van der Waals surface area contributed by atoms with Crippen molar-refractivity contribution >= 4 is 11.3 Å². The van der Waals surface area contributed by atoms with Crippen molar-refractivity contribution in [3.63, 3.8) is 0 Å². The highest BCUT2D eigenvalue weighted by molar-refractivity contribution is 7.07. The third-order valence-corrected chi connectivity index (χ3v) is 4.13. The van der Waals surface area contributed by atoms with Gasteiger partial charge in [0.05, 0.1) is 0 Å². The summed E-state index contributed by atoms with van der Waals surface area (Å²) in [5.41, 5.74) is 1.27. The zero-order chi connectivity index (χ0) is 12.1. The van der Waals surface area contributed by atoms with Crippen LogP contribution in [0.4, 0.5) is 0 Å². The Kier molecular flexibility index (Phi) is 4.36. The van der Waals surface area contributed by atoms with Gasteiger partial charge < -0.3 is 15.6 Å². The molecule has 4 nitrogen and oxygen atoms in total. The highest BCUT2D eigenvalue weighted by atomic mass is 32.1. The molecule has 0 aliphatic carbocycles. The van der Waals surface area contributed by atoms with Gasteiger partial charge in [0.15, 0.2) is 0 Å². The zero-order valence-corrected chi connectivity index (χ0v) is 11.2. The summed E-state index contributed by atoms with van der Waals surface area (Å²) in [7, 11) is 0. The molecule has 1 aliphatic rings. The molecule has 1 aliphatic heterocycles. The van der Waals surface area contributed by atoms with Gasteiger partial charge in [-0.2, -0.15) is 0 Å². The van der Waals surface area contributed by atoms with Gasteiger partial charge in [-0.1, -0.05) is 24.7 Å². The van der Waals surface area contributed by atoms with E-state index in [4.69, 9.17) is 0 Å². The summed E-state index contributed by atoms with van der Waals surface area (Å²) in [6.45, 7) is 5.11. The molecule has 0 spiro atoms. The van der Waals surface area contributed by atoms with Gasteiger partial charge in [-0.15, -0.1) is 0 Å². The number of aromatic amines is 1. The van der Waals surface area contributed by atoms with Gasteiger partial charge in [-0.3, -0.25) is 4.79 Å². The molecule has 0 saturated carbocycles. The Labute approximate surface area is 106 Å². The first-order valence-corrected chi connectivity index (χ1v) is 7.24. The van der Waals surface area contributed by atoms with Crippen molar-refractivity contribution in [2.45, 2.75) is 44.7 Å². The summed E-state index contributed by atoms with van der Waals surface area (Å²) in [6, 6.07) is 0. The maximum Gasteiger partial charge on any atom is 0.304 e. The summed E-state index contributed by atoms with van der Waals surface area (Å²) in [5, 5.41) is 8.98. The average molecular weight is 255 g/mol. The molecule has 1 aromatic rings. The van der Waals surface area contributed by atoms with E-state index in [-0.39, 0.29) is 10.4 Å². The minimum atomic E-state index is 0.0315. The minimum absolute atomic E-state index is 0.0315. The molecular weight excluding hydrogens is 234 g/mol. The summed E-state index contributed by atoms with van der Waals surface area (Å²) in [6.07, 6.45) is 4.97. The Balaban J connectivity index is 1.81. The van der Waals surface area contributed by atoms with Crippen LogP contribution in [0.3, 0.4) is 0 Å². The lowest BCUT2D eigenvalue weighted by molar-refractivity contribution is 0.324. The number of hydrogen-bond acceptors (Lipinski definition) is 4. The summed E-state index contributed by atoms with van der Waals surface area (Å²) in [5.74, 6) is 0. The SMILES string of the molecule is CCCC1(CNCc2csc(=O)[nH]2)CCCN1. The van der Waals surface area contributed by atoms with Crippen LogP contribution in [0.25, 0.3) is 0 Å². The number of rotatable bonds is 6. The maximum absolute atomic E-state index is 11.0. The third kappa shape index (κ3) is 3.40. The first-order valence-electron chi connectivity index (χ1n) is 6.36. The first kappa shape index (κ1) is 12.8. The quantitative estimate of drug-likeness (QED) is 0.721. The van der Waals surface area contributed by atoms with E-state index < -0.39 is 0 Å². The fourth-order valence-electron chi connectivity index (χ4n) is 2.64. The second-order valence-corrected chi connectivity index (χ2v) is 5.68. The maximum atomic E-state index is 11.0. The van der Waals surface area contributed by atoms with E-state index in [9.17, 15) is 4.79 Å². The molecule has 0 bridgehead atoms. The lowest BCUT2D eigenvalue weighted by Crippen LogP contribution is -2.48. The molecule has 1 aromatic heterocycles. The fourth-order valence-corrected chi connectivity index (χ4v) is 3.22. The fraction of sp³-hybridized carbons (Fsp3) is 0.750. The van der Waals surface area contributed by atoms with E-state index in [2.05, 4.69) is 22.5 Å². The van der Waals surface area contributed by atoms with E-state index in [0.717, 1.165) is 25.3 Å². The van der Waals surface area contributed by atoms with E-state index in [1.165, 1.54) is 37.0 Å². The molecule has 3 N–H and O–H groups in total. The molecule has 0 radical (unpaired) electrons. The number of nitrogens with one attached hydrogen (secondary N) is 3. The third-order valence-electron chi connectivity index (χ3n) is 3.41. The number of H-pyrrole nitrogens is 1. The van der Waals surface area contributed by atoms with Crippen LogP contribution in [0, 0.1) is 0 Å². The first-order chi connectivity index (χ1) is 8.24. The topological polar surface area (TPSA) is 56.9 Å². The van der Waals surface area contributed by atoms with Gasteiger partial charge in [0, 0.05) is 29.7 Å². The Morgan fingerprint density at radius 3 is 3.06 bits per heavy atom. The Morgan fingerprint density at radius 1 is 1.59 bits per heavy atom. The van der Waals surface area contributed by atoms with Gasteiger partial charge >= 0.3 is 4.87 Å². The molecule has 2 rings (SSSR count). The lowest BCUT2D eigenvalue weighted by Gasteiger charge is -2.29. The molecule has 0 amide bonds. The van der Waals surface area contributed by atoms with Crippen molar-refractivity contribution < 1.29 is 0 Å². The second kappa shape index (κ2) is 5.80. The Morgan fingerprint density at radius 2 is 2.47 bits per heavy atom. The zero-order valence-electron chi connectivity index (χ0n) is 10.3. The average Bonchev–Trinajstić information content (AvgIpc) is 2.90. The van der Waals surface area contributed by atoms with Gasteiger partial charge in [-0.05, 0) is 25.8 Å². The normalized spacial score (nSPS) is 24.3. The van der Waals surface area contributed by atoms with Crippen molar-refractivity contribution in [2.75, 3.05) is 13.1 Å². The van der Waals surface area contributed by atoms with E-state index in [1.807, 2.05) is 5.38 Å². The van der Waals surface area contributed by atoms with Crippen molar-refractivity contribution in [2.24, 2.45) is 0 Å². The molecule has 1 fully saturated rings. The number of thiazole rings is 1. The largest absolute Gasteiger partial charge is 0.315 e. The second-order valence-electron chi connectivity index (χ2n) is 4.84. The molecule has 1 atom stereocenters. The molecule has 1 saturated heterocycles. The Hall–Kier alpha value is -0.650. The standard InChI is InChI=1S/C12H21N3OS/c1-2-4-12(5-3-6-14-12)9-13-7-10-8-17-11(16)15-10/h8,13-14H,2-7,9H2,1H3,(H,15,16). The van der Waals surface area contributed by atoms with E-state index in [0.29, 0.717) is 0 Å². The van der Waals surface area contributed by atoms with E-state index >= 15 is 0 Å². The van der Waals surface area contributed by atoms with Crippen LogP contribution in [-0.4, -0.2) is 23.6 Å². The van der Waals surface area contributed by atoms with E-state index in [1.54, 1.807) is 0 Å². The summed E-state index contributed by atoms with van der Waals surface area (Å²) in [4.78, 5) is 13.9. The highest BCUT2D eigenvalue weighted by Gasteiger charge is 2.31. The van der Waals surface area contributed by atoms with Crippen molar-refractivity contribution in [3.05, 3.63) is 20.7 Å². The molecule has 96 valence electrons. The molecule has 1 unspecified atom stereocenters. The van der Waals surface area contributed by atoms with Gasteiger partial charge in [-0.25, -0.2) is 0 Å². The van der Waals surface area contributed by atoms with Gasteiger partial charge in [0.1, 0.15) is 0 Å². The van der Waals surface area contributed by atoms with Gasteiger partial charge in [0.2, 0.25) is 0 Å². The van der Waals surface area contributed by atoms with Crippen LogP contribution in [0.5, 0.6) is 0 Å². The highest BCUT2D eigenvalue weighted by Crippen LogP contribution is 2.23. The summed E-state index contributed by atoms with van der Waals surface area (Å²) >= 11 is 1.23.